The van der Waals surface area contributed by atoms with Crippen molar-refractivity contribution in [1.82, 2.24) is 14.5 Å². The van der Waals surface area contributed by atoms with E-state index in [9.17, 15) is 13.2 Å². The van der Waals surface area contributed by atoms with Crippen LogP contribution in [0, 0.1) is 0 Å². The average molecular weight is 384 g/mol. The predicted octanol–water partition coefficient (Wildman–Crippen LogP) is 1.25. The van der Waals surface area contributed by atoms with Gasteiger partial charge in [-0.05, 0) is 37.1 Å². The lowest BCUT2D eigenvalue weighted by atomic mass is 10.0. The molecule has 2 aliphatic rings. The highest BCUT2D eigenvalue weighted by atomic mass is 32.2. The van der Waals surface area contributed by atoms with Crippen molar-refractivity contribution in [2.45, 2.75) is 23.8 Å². The van der Waals surface area contributed by atoms with Crippen LogP contribution in [0.1, 0.15) is 23.2 Å². The Morgan fingerprint density at radius 3 is 2.24 bits per heavy atom. The van der Waals surface area contributed by atoms with Crippen LogP contribution >= 0.6 is 11.8 Å². The molecule has 2 saturated heterocycles. The Morgan fingerprint density at radius 1 is 1.08 bits per heavy atom. The van der Waals surface area contributed by atoms with Gasteiger partial charge < -0.3 is 5.32 Å². The second-order valence-corrected chi connectivity index (χ2v) is 9.55. The number of hydrogen-bond donors (Lipinski definition) is 1. The van der Waals surface area contributed by atoms with Crippen molar-refractivity contribution in [3.8, 4) is 0 Å². The fourth-order valence-electron chi connectivity index (χ4n) is 3.46. The molecule has 0 atom stereocenters. The largest absolute Gasteiger partial charge is 0.355 e. The fourth-order valence-corrected chi connectivity index (χ4v) is 5.86. The monoisotopic (exact) mass is 383 g/mol. The van der Waals surface area contributed by atoms with Crippen molar-refractivity contribution in [2.24, 2.45) is 0 Å². The average Bonchev–Trinajstić information content (AvgIpc) is 2.68. The molecule has 2 heterocycles. The van der Waals surface area contributed by atoms with Crippen LogP contribution in [0.5, 0.6) is 0 Å². The van der Waals surface area contributed by atoms with Gasteiger partial charge in [0.15, 0.2) is 0 Å². The molecule has 0 bridgehead atoms. The summed E-state index contributed by atoms with van der Waals surface area (Å²) in [6, 6.07) is 6.66. The molecule has 25 heavy (non-hydrogen) atoms. The zero-order chi connectivity index (χ0) is 17.9. The van der Waals surface area contributed by atoms with Crippen LogP contribution in [0.2, 0.25) is 0 Å². The first-order chi connectivity index (χ1) is 12.0. The number of thioether (sulfide) groups is 1. The molecule has 138 valence electrons. The zero-order valence-electron chi connectivity index (χ0n) is 14.5. The van der Waals surface area contributed by atoms with Gasteiger partial charge in [0.25, 0.3) is 5.91 Å². The summed E-state index contributed by atoms with van der Waals surface area (Å²) >= 11 is 1.99. The molecule has 1 N–H and O–H groups in total. The summed E-state index contributed by atoms with van der Waals surface area (Å²) in [5.74, 6) is 2.14. The van der Waals surface area contributed by atoms with Gasteiger partial charge >= 0.3 is 0 Å². The predicted molar refractivity (Wildman–Crippen MR) is 101 cm³/mol. The molecule has 1 aromatic carbocycles. The van der Waals surface area contributed by atoms with Gasteiger partial charge in [-0.3, -0.25) is 9.69 Å². The van der Waals surface area contributed by atoms with E-state index in [0.29, 0.717) is 24.7 Å². The van der Waals surface area contributed by atoms with Gasteiger partial charge in [-0.25, -0.2) is 8.42 Å². The van der Waals surface area contributed by atoms with Gasteiger partial charge in [0, 0.05) is 56.3 Å². The molecule has 1 aromatic rings. The third-order valence-electron chi connectivity index (χ3n) is 4.97. The highest BCUT2D eigenvalue weighted by Crippen LogP contribution is 2.25. The van der Waals surface area contributed by atoms with Crippen molar-refractivity contribution in [3.63, 3.8) is 0 Å². The van der Waals surface area contributed by atoms with Crippen LogP contribution in [0.4, 0.5) is 0 Å². The van der Waals surface area contributed by atoms with E-state index in [4.69, 9.17) is 0 Å². The minimum atomic E-state index is -3.49. The number of amides is 1. The highest BCUT2D eigenvalue weighted by molar-refractivity contribution is 7.99. The van der Waals surface area contributed by atoms with Gasteiger partial charge in [0.1, 0.15) is 0 Å². The molecule has 2 aliphatic heterocycles. The van der Waals surface area contributed by atoms with E-state index >= 15 is 0 Å². The number of piperidine rings is 1. The molecule has 0 aromatic heterocycles. The Bertz CT molecular complexity index is 692. The number of nitrogens with one attached hydrogen (secondary N) is 1. The topological polar surface area (TPSA) is 69.7 Å². The first-order valence-corrected chi connectivity index (χ1v) is 11.3. The van der Waals surface area contributed by atoms with Crippen LogP contribution in [-0.2, 0) is 10.0 Å². The van der Waals surface area contributed by atoms with E-state index in [2.05, 4.69) is 10.2 Å². The van der Waals surface area contributed by atoms with Gasteiger partial charge in [0.05, 0.1) is 4.90 Å². The molecule has 3 rings (SSSR count). The second-order valence-electron chi connectivity index (χ2n) is 6.39. The summed E-state index contributed by atoms with van der Waals surface area (Å²) in [5, 5.41) is 2.53. The SMILES string of the molecule is CNC(=O)c1ccc(S(=O)(=O)N2CCC(N3CCSCC3)CC2)cc1. The molecule has 2 fully saturated rings. The van der Waals surface area contributed by atoms with E-state index in [0.717, 1.165) is 25.9 Å². The maximum atomic E-state index is 12.8. The molecular formula is C17H25N3O3S2. The van der Waals surface area contributed by atoms with Gasteiger partial charge in [-0.1, -0.05) is 0 Å². The molecule has 0 spiro atoms. The van der Waals surface area contributed by atoms with Crippen LogP contribution < -0.4 is 5.32 Å². The third-order valence-corrected chi connectivity index (χ3v) is 7.82. The maximum Gasteiger partial charge on any atom is 0.251 e. The van der Waals surface area contributed by atoms with Gasteiger partial charge in [0.2, 0.25) is 10.0 Å². The van der Waals surface area contributed by atoms with E-state index in [-0.39, 0.29) is 10.8 Å². The lowest BCUT2D eigenvalue weighted by Crippen LogP contribution is -2.48. The smallest absolute Gasteiger partial charge is 0.251 e. The summed E-state index contributed by atoms with van der Waals surface area (Å²) in [5.41, 5.74) is 0.461. The third kappa shape index (κ3) is 4.19. The Balaban J connectivity index is 1.64. The Labute approximate surface area is 154 Å². The molecule has 8 heteroatoms. The number of benzene rings is 1. The van der Waals surface area contributed by atoms with Crippen molar-refractivity contribution in [1.29, 1.82) is 0 Å². The van der Waals surface area contributed by atoms with Crippen LogP contribution in [0.15, 0.2) is 29.2 Å². The van der Waals surface area contributed by atoms with Crippen LogP contribution in [0.25, 0.3) is 0 Å². The minimum Gasteiger partial charge on any atom is -0.355 e. The Morgan fingerprint density at radius 2 is 1.68 bits per heavy atom. The van der Waals surface area contributed by atoms with Crippen molar-refractivity contribution < 1.29 is 13.2 Å². The summed E-state index contributed by atoms with van der Waals surface area (Å²) in [6.45, 7) is 3.35. The normalized spacial score (nSPS) is 21.2. The molecule has 6 nitrogen and oxygen atoms in total. The number of nitrogens with zero attached hydrogens (tertiary/aromatic N) is 2. The molecule has 1 amide bonds. The van der Waals surface area contributed by atoms with E-state index in [1.165, 1.54) is 23.6 Å². The summed E-state index contributed by atoms with van der Waals surface area (Å²) in [4.78, 5) is 14.4. The highest BCUT2D eigenvalue weighted by Gasteiger charge is 2.32. The minimum absolute atomic E-state index is 0.218. The van der Waals surface area contributed by atoms with E-state index in [1.807, 2.05) is 11.8 Å². The quantitative estimate of drug-likeness (QED) is 0.847. The number of sulfonamides is 1. The second kappa shape index (κ2) is 8.07. The zero-order valence-corrected chi connectivity index (χ0v) is 16.1. The first-order valence-electron chi connectivity index (χ1n) is 8.66. The van der Waals surface area contributed by atoms with Crippen LogP contribution in [-0.4, -0.2) is 74.3 Å². The molecule has 0 radical (unpaired) electrons. The summed E-state index contributed by atoms with van der Waals surface area (Å²) < 4.78 is 27.2. The van der Waals surface area contributed by atoms with Crippen molar-refractivity contribution in [3.05, 3.63) is 29.8 Å². The Hall–Kier alpha value is -1.09. The van der Waals surface area contributed by atoms with E-state index < -0.39 is 10.0 Å². The first kappa shape index (κ1) is 18.7. The number of rotatable bonds is 4. The van der Waals surface area contributed by atoms with Gasteiger partial charge in [-0.2, -0.15) is 16.1 Å². The van der Waals surface area contributed by atoms with E-state index in [1.54, 1.807) is 23.5 Å². The number of hydrogen-bond acceptors (Lipinski definition) is 5. The lowest BCUT2D eigenvalue weighted by molar-refractivity contribution is 0.0963. The lowest BCUT2D eigenvalue weighted by Gasteiger charge is -2.39. The van der Waals surface area contributed by atoms with Crippen molar-refractivity contribution in [2.75, 3.05) is 44.7 Å². The summed E-state index contributed by atoms with van der Waals surface area (Å²) in [6.07, 6.45) is 1.78. The van der Waals surface area contributed by atoms with Gasteiger partial charge in [-0.15, -0.1) is 0 Å². The summed E-state index contributed by atoms with van der Waals surface area (Å²) in [7, 11) is -1.93. The Kier molecular flexibility index (Phi) is 6.04. The molecule has 0 aliphatic carbocycles. The fraction of sp³-hybridized carbons (Fsp3) is 0.588. The molecule has 0 saturated carbocycles. The number of carbonyl (C=O) groups is 1. The van der Waals surface area contributed by atoms with Crippen molar-refractivity contribution >= 4 is 27.7 Å². The maximum absolute atomic E-state index is 12.8. The standard InChI is InChI=1S/C17H25N3O3S2/c1-18-17(21)14-2-4-16(5-3-14)25(22,23)20-8-6-15(7-9-20)19-10-12-24-13-11-19/h2-5,15H,6-13H2,1H3,(H,18,21). The van der Waals surface area contributed by atoms with Crippen LogP contribution in [0.3, 0.4) is 0 Å². The molecule has 0 unspecified atom stereocenters. The molecular weight excluding hydrogens is 358 g/mol. The number of carbonyl (C=O) groups excluding carboxylic acids is 1.